The molecule has 82 valence electrons. The van der Waals surface area contributed by atoms with Crippen molar-refractivity contribution in [1.29, 1.82) is 0 Å². The Labute approximate surface area is 101 Å². The quantitative estimate of drug-likeness (QED) is 0.743. The van der Waals surface area contributed by atoms with Gasteiger partial charge < -0.3 is 15.1 Å². The van der Waals surface area contributed by atoms with Crippen molar-refractivity contribution in [1.82, 2.24) is 9.97 Å². The summed E-state index contributed by atoms with van der Waals surface area (Å²) in [7, 11) is 0. The molecule has 1 aromatic heterocycles. The van der Waals surface area contributed by atoms with Gasteiger partial charge in [-0.2, -0.15) is 0 Å². The summed E-state index contributed by atoms with van der Waals surface area (Å²) >= 11 is 2.14. The summed E-state index contributed by atoms with van der Waals surface area (Å²) in [4.78, 5) is 10.2. The fourth-order valence-electron chi connectivity index (χ4n) is 1.67. The van der Waals surface area contributed by atoms with E-state index in [1.165, 1.54) is 0 Å². The van der Waals surface area contributed by atoms with E-state index in [0.29, 0.717) is 19.0 Å². The molecular formula is C9H12IN3O2. The molecule has 0 bridgehead atoms. The summed E-state index contributed by atoms with van der Waals surface area (Å²) in [5, 5.41) is 18.6. The van der Waals surface area contributed by atoms with Crippen LogP contribution in [0, 0.1) is 9.49 Å². The molecule has 0 aliphatic carbocycles. The smallest absolute Gasteiger partial charge is 0.225 e. The molecule has 1 saturated heterocycles. The number of halogens is 1. The summed E-state index contributed by atoms with van der Waals surface area (Å²) in [6.45, 7) is 1.10. The molecule has 5 nitrogen and oxygen atoms in total. The highest BCUT2D eigenvalue weighted by Crippen LogP contribution is 2.20. The molecule has 2 unspecified atom stereocenters. The maximum absolute atomic E-state index is 9.62. The zero-order valence-electron chi connectivity index (χ0n) is 8.04. The number of nitrogens with zero attached hydrogens (tertiary/aromatic N) is 3. The third-order valence-electron chi connectivity index (χ3n) is 2.53. The number of hydrogen-bond donors (Lipinski definition) is 2. The lowest BCUT2D eigenvalue weighted by Gasteiger charge is -2.14. The van der Waals surface area contributed by atoms with Crippen molar-refractivity contribution >= 4 is 28.5 Å². The van der Waals surface area contributed by atoms with Crippen LogP contribution in [-0.2, 0) is 0 Å². The fraction of sp³-hybridized carbons (Fsp3) is 0.556. The molecule has 0 amide bonds. The SMILES string of the molecule is OCC1CN(c2ncc(I)cn2)CC1O. The number of anilines is 1. The van der Waals surface area contributed by atoms with Crippen LogP contribution in [-0.4, -0.2) is 46.0 Å². The lowest BCUT2D eigenvalue weighted by molar-refractivity contribution is 0.104. The molecule has 1 fully saturated rings. The first kappa shape index (κ1) is 11.0. The number of hydrogen-bond acceptors (Lipinski definition) is 5. The fourth-order valence-corrected chi connectivity index (χ4v) is 1.94. The molecule has 2 atom stereocenters. The maximum Gasteiger partial charge on any atom is 0.225 e. The van der Waals surface area contributed by atoms with Crippen molar-refractivity contribution in [2.24, 2.45) is 5.92 Å². The van der Waals surface area contributed by atoms with Gasteiger partial charge in [-0.25, -0.2) is 9.97 Å². The number of aliphatic hydroxyl groups excluding tert-OH is 2. The van der Waals surface area contributed by atoms with Crippen LogP contribution in [0.1, 0.15) is 0 Å². The van der Waals surface area contributed by atoms with Crippen molar-refractivity contribution in [2.75, 3.05) is 24.6 Å². The third-order valence-corrected chi connectivity index (χ3v) is 3.09. The largest absolute Gasteiger partial charge is 0.396 e. The number of aliphatic hydroxyl groups is 2. The number of β-amino-alcohol motifs (C(OH)–C–C–N with tert-alkyl or cyclic N) is 1. The van der Waals surface area contributed by atoms with Gasteiger partial charge in [0, 0.05) is 35.0 Å². The van der Waals surface area contributed by atoms with E-state index in [2.05, 4.69) is 32.6 Å². The normalized spacial score (nSPS) is 25.9. The van der Waals surface area contributed by atoms with Crippen molar-refractivity contribution in [2.45, 2.75) is 6.10 Å². The van der Waals surface area contributed by atoms with E-state index in [1.807, 2.05) is 4.90 Å². The van der Waals surface area contributed by atoms with E-state index in [-0.39, 0.29) is 12.5 Å². The summed E-state index contributed by atoms with van der Waals surface area (Å²) in [5.41, 5.74) is 0. The molecule has 0 saturated carbocycles. The average Bonchev–Trinajstić information content (AvgIpc) is 2.61. The first-order valence-corrected chi connectivity index (χ1v) is 5.80. The van der Waals surface area contributed by atoms with Crippen LogP contribution >= 0.6 is 22.6 Å². The van der Waals surface area contributed by atoms with Crippen molar-refractivity contribution < 1.29 is 10.2 Å². The highest BCUT2D eigenvalue weighted by Gasteiger charge is 2.31. The molecule has 2 heterocycles. The van der Waals surface area contributed by atoms with E-state index >= 15 is 0 Å². The van der Waals surface area contributed by atoms with Gasteiger partial charge in [-0.3, -0.25) is 0 Å². The number of aromatic nitrogens is 2. The van der Waals surface area contributed by atoms with Crippen LogP contribution in [0.4, 0.5) is 5.95 Å². The topological polar surface area (TPSA) is 69.5 Å². The van der Waals surface area contributed by atoms with Crippen LogP contribution in [0.3, 0.4) is 0 Å². The van der Waals surface area contributed by atoms with E-state index in [4.69, 9.17) is 5.11 Å². The van der Waals surface area contributed by atoms with E-state index in [1.54, 1.807) is 12.4 Å². The minimum Gasteiger partial charge on any atom is -0.396 e. The molecule has 0 radical (unpaired) electrons. The Morgan fingerprint density at radius 1 is 1.40 bits per heavy atom. The molecule has 6 heteroatoms. The zero-order valence-corrected chi connectivity index (χ0v) is 10.2. The molecule has 15 heavy (non-hydrogen) atoms. The highest BCUT2D eigenvalue weighted by molar-refractivity contribution is 14.1. The van der Waals surface area contributed by atoms with E-state index in [0.717, 1.165) is 3.57 Å². The highest BCUT2D eigenvalue weighted by atomic mass is 127. The van der Waals surface area contributed by atoms with Crippen LogP contribution in [0.15, 0.2) is 12.4 Å². The first-order valence-electron chi connectivity index (χ1n) is 4.72. The summed E-state index contributed by atoms with van der Waals surface area (Å²) < 4.78 is 0.981. The monoisotopic (exact) mass is 321 g/mol. The Kier molecular flexibility index (Phi) is 3.37. The van der Waals surface area contributed by atoms with Gasteiger partial charge in [0.1, 0.15) is 0 Å². The predicted molar refractivity (Wildman–Crippen MR) is 63.5 cm³/mol. The summed E-state index contributed by atoms with van der Waals surface area (Å²) in [6, 6.07) is 0. The predicted octanol–water partition coefficient (Wildman–Crippen LogP) is -0.129. The van der Waals surface area contributed by atoms with Crippen LogP contribution in [0.2, 0.25) is 0 Å². The molecule has 1 aromatic rings. The molecule has 0 aromatic carbocycles. The summed E-state index contributed by atoms with van der Waals surface area (Å²) in [6.07, 6.45) is 2.99. The zero-order chi connectivity index (χ0) is 10.8. The van der Waals surface area contributed by atoms with Crippen molar-refractivity contribution in [3.63, 3.8) is 0 Å². The van der Waals surface area contributed by atoms with Gasteiger partial charge in [0.25, 0.3) is 0 Å². The Morgan fingerprint density at radius 3 is 2.60 bits per heavy atom. The average molecular weight is 321 g/mol. The van der Waals surface area contributed by atoms with Gasteiger partial charge in [-0.1, -0.05) is 0 Å². The van der Waals surface area contributed by atoms with Crippen LogP contribution in [0.25, 0.3) is 0 Å². The van der Waals surface area contributed by atoms with Gasteiger partial charge in [-0.15, -0.1) is 0 Å². The first-order chi connectivity index (χ1) is 7.20. The Balaban J connectivity index is 2.10. The van der Waals surface area contributed by atoms with Gasteiger partial charge in [0.05, 0.1) is 12.7 Å². The molecule has 1 aliphatic rings. The maximum atomic E-state index is 9.62. The van der Waals surface area contributed by atoms with E-state index < -0.39 is 6.10 Å². The molecular weight excluding hydrogens is 309 g/mol. The van der Waals surface area contributed by atoms with Crippen molar-refractivity contribution in [3.8, 4) is 0 Å². The second-order valence-corrected chi connectivity index (χ2v) is 4.86. The molecule has 2 rings (SSSR count). The second kappa shape index (κ2) is 4.58. The Hall–Kier alpha value is -0.470. The lowest BCUT2D eigenvalue weighted by atomic mass is 10.1. The minimum atomic E-state index is -0.488. The molecule has 0 spiro atoms. The van der Waals surface area contributed by atoms with Crippen LogP contribution < -0.4 is 4.90 Å². The van der Waals surface area contributed by atoms with Gasteiger partial charge in [0.2, 0.25) is 5.95 Å². The Morgan fingerprint density at radius 2 is 2.07 bits per heavy atom. The van der Waals surface area contributed by atoms with E-state index in [9.17, 15) is 5.11 Å². The molecule has 2 N–H and O–H groups in total. The van der Waals surface area contributed by atoms with Crippen molar-refractivity contribution in [3.05, 3.63) is 16.0 Å². The number of rotatable bonds is 2. The van der Waals surface area contributed by atoms with Crippen LogP contribution in [0.5, 0.6) is 0 Å². The van der Waals surface area contributed by atoms with Gasteiger partial charge >= 0.3 is 0 Å². The summed E-state index contributed by atoms with van der Waals surface area (Å²) in [5.74, 6) is 0.526. The molecule has 1 aliphatic heterocycles. The minimum absolute atomic E-state index is 0.00202. The third kappa shape index (κ3) is 2.37. The van der Waals surface area contributed by atoms with Gasteiger partial charge in [0.15, 0.2) is 0 Å². The standard InChI is InChI=1S/C9H12IN3O2/c10-7-1-11-9(12-2-7)13-3-6(5-14)8(15)4-13/h1-2,6,8,14-15H,3-5H2. The van der Waals surface area contributed by atoms with Gasteiger partial charge in [-0.05, 0) is 22.6 Å². The Bertz CT molecular complexity index is 333. The second-order valence-electron chi connectivity index (χ2n) is 3.62. The lowest BCUT2D eigenvalue weighted by Crippen LogP contribution is -2.23.